The number of ether oxygens (including phenoxy) is 1. The van der Waals surface area contributed by atoms with Crippen LogP contribution in [-0.2, 0) is 0 Å². The number of hydrogen-bond acceptors (Lipinski definition) is 3. The van der Waals surface area contributed by atoms with Gasteiger partial charge in [0.1, 0.15) is 0 Å². The van der Waals surface area contributed by atoms with Gasteiger partial charge in [-0.1, -0.05) is 12.5 Å². The first-order valence-electron chi connectivity index (χ1n) is 5.60. The van der Waals surface area contributed by atoms with Gasteiger partial charge < -0.3 is 9.64 Å². The minimum absolute atomic E-state index is 0.393. The lowest BCUT2D eigenvalue weighted by Gasteiger charge is -2.24. The summed E-state index contributed by atoms with van der Waals surface area (Å²) in [6.07, 6.45) is 1.80. The maximum absolute atomic E-state index is 5.77. The summed E-state index contributed by atoms with van der Waals surface area (Å²) in [7, 11) is 2.05. The molecule has 86 valence electrons. The molecule has 2 heterocycles. The smallest absolute Gasteiger partial charge is 0.175 e. The second-order valence-corrected chi connectivity index (χ2v) is 4.48. The lowest BCUT2D eigenvalue weighted by Crippen LogP contribution is -2.23. The van der Waals surface area contributed by atoms with Crippen molar-refractivity contribution >= 4 is 5.82 Å². The lowest BCUT2D eigenvalue weighted by atomic mass is 10.0. The predicted molar refractivity (Wildman–Crippen MR) is 65.7 cm³/mol. The molecule has 1 unspecified atom stereocenters. The quantitative estimate of drug-likeness (QED) is 0.669. The van der Waals surface area contributed by atoms with Crippen LogP contribution < -0.4 is 9.64 Å². The summed E-state index contributed by atoms with van der Waals surface area (Å²) in [5.74, 6) is 2.17. The van der Waals surface area contributed by atoms with Crippen molar-refractivity contribution in [3.8, 4) is 5.75 Å². The van der Waals surface area contributed by atoms with Gasteiger partial charge in [-0.05, 0) is 26.0 Å². The first-order chi connectivity index (χ1) is 7.61. The minimum atomic E-state index is 0.393. The molecule has 0 aliphatic carbocycles. The monoisotopic (exact) mass is 218 g/mol. The van der Waals surface area contributed by atoms with Crippen LogP contribution in [0.25, 0.3) is 0 Å². The second-order valence-electron chi connectivity index (χ2n) is 4.48. The molecule has 0 bridgehead atoms. The molecule has 0 saturated carbocycles. The van der Waals surface area contributed by atoms with Gasteiger partial charge in [-0.25, -0.2) is 4.98 Å². The molecule has 1 aliphatic rings. The standard InChI is InChI=1S/C13H18N2O/c1-9(2)12-10(3)8-16-11-6-5-7-14-13(11)15(12)4/h5-7,10H,8H2,1-4H3. The van der Waals surface area contributed by atoms with Gasteiger partial charge in [-0.15, -0.1) is 0 Å². The van der Waals surface area contributed by atoms with Crippen LogP contribution in [-0.4, -0.2) is 18.6 Å². The van der Waals surface area contributed by atoms with Crippen LogP contribution in [0.2, 0.25) is 0 Å². The van der Waals surface area contributed by atoms with Crippen LogP contribution in [0.1, 0.15) is 20.8 Å². The molecule has 0 amide bonds. The van der Waals surface area contributed by atoms with Crippen molar-refractivity contribution in [2.24, 2.45) is 5.92 Å². The molecule has 0 aromatic carbocycles. The highest BCUT2D eigenvalue weighted by atomic mass is 16.5. The van der Waals surface area contributed by atoms with Gasteiger partial charge in [-0.2, -0.15) is 0 Å². The van der Waals surface area contributed by atoms with Crippen LogP contribution in [0.3, 0.4) is 0 Å². The van der Waals surface area contributed by atoms with E-state index in [9.17, 15) is 0 Å². The fraction of sp³-hybridized carbons (Fsp3) is 0.462. The predicted octanol–water partition coefficient (Wildman–Crippen LogP) is 2.84. The van der Waals surface area contributed by atoms with Gasteiger partial charge in [0.05, 0.1) is 6.61 Å². The van der Waals surface area contributed by atoms with Crippen molar-refractivity contribution in [1.29, 1.82) is 0 Å². The van der Waals surface area contributed by atoms with Gasteiger partial charge in [0.25, 0.3) is 0 Å². The maximum Gasteiger partial charge on any atom is 0.175 e. The zero-order chi connectivity index (χ0) is 11.7. The highest BCUT2D eigenvalue weighted by Gasteiger charge is 2.24. The van der Waals surface area contributed by atoms with E-state index < -0.39 is 0 Å². The fourth-order valence-corrected chi connectivity index (χ4v) is 2.31. The molecule has 0 N–H and O–H groups in total. The van der Waals surface area contributed by atoms with Crippen molar-refractivity contribution in [3.63, 3.8) is 0 Å². The van der Waals surface area contributed by atoms with Crippen LogP contribution in [0.5, 0.6) is 5.75 Å². The molecule has 3 nitrogen and oxygen atoms in total. The molecule has 2 rings (SSSR count). The Morgan fingerprint density at radius 1 is 1.50 bits per heavy atom. The molecule has 16 heavy (non-hydrogen) atoms. The molecule has 0 saturated heterocycles. The number of allylic oxidation sites excluding steroid dienone is 1. The Kier molecular flexibility index (Phi) is 2.86. The molecule has 3 heteroatoms. The number of nitrogens with zero attached hydrogens (tertiary/aromatic N) is 2. The zero-order valence-corrected chi connectivity index (χ0v) is 10.3. The summed E-state index contributed by atoms with van der Waals surface area (Å²) in [4.78, 5) is 6.54. The summed E-state index contributed by atoms with van der Waals surface area (Å²) in [5.41, 5.74) is 2.62. The van der Waals surface area contributed by atoms with Gasteiger partial charge in [-0.3, -0.25) is 0 Å². The average Bonchev–Trinajstić information content (AvgIpc) is 2.37. The zero-order valence-electron chi connectivity index (χ0n) is 10.3. The highest BCUT2D eigenvalue weighted by molar-refractivity contribution is 5.57. The second kappa shape index (κ2) is 4.16. The number of fused-ring (bicyclic) bond motifs is 1. The van der Waals surface area contributed by atoms with Gasteiger partial charge in [0.2, 0.25) is 0 Å². The summed E-state index contributed by atoms with van der Waals surface area (Å²) in [5, 5.41) is 0. The third-order valence-corrected chi connectivity index (χ3v) is 2.90. The number of aromatic nitrogens is 1. The molecule has 1 atom stereocenters. The lowest BCUT2D eigenvalue weighted by molar-refractivity contribution is 0.285. The average molecular weight is 218 g/mol. The van der Waals surface area contributed by atoms with Gasteiger partial charge in [0, 0.05) is 24.9 Å². The van der Waals surface area contributed by atoms with Crippen molar-refractivity contribution in [2.45, 2.75) is 20.8 Å². The molecule has 1 aromatic heterocycles. The first-order valence-corrected chi connectivity index (χ1v) is 5.60. The molecular weight excluding hydrogens is 200 g/mol. The van der Waals surface area contributed by atoms with Crippen LogP contribution in [0.15, 0.2) is 29.6 Å². The Labute approximate surface area is 96.7 Å². The number of pyridine rings is 1. The Bertz CT molecular complexity index is 422. The Morgan fingerprint density at radius 3 is 2.94 bits per heavy atom. The highest BCUT2D eigenvalue weighted by Crippen LogP contribution is 2.34. The Hall–Kier alpha value is -1.51. The molecular formula is C13H18N2O. The van der Waals surface area contributed by atoms with E-state index in [-0.39, 0.29) is 0 Å². The summed E-state index contributed by atoms with van der Waals surface area (Å²) in [6, 6.07) is 3.88. The van der Waals surface area contributed by atoms with Crippen molar-refractivity contribution in [3.05, 3.63) is 29.6 Å². The van der Waals surface area contributed by atoms with E-state index >= 15 is 0 Å². The normalized spacial score (nSPS) is 19.9. The van der Waals surface area contributed by atoms with E-state index in [4.69, 9.17) is 4.74 Å². The Morgan fingerprint density at radius 2 is 2.25 bits per heavy atom. The minimum Gasteiger partial charge on any atom is -0.489 e. The van der Waals surface area contributed by atoms with E-state index in [1.807, 2.05) is 12.1 Å². The van der Waals surface area contributed by atoms with E-state index in [2.05, 4.69) is 37.7 Å². The first kappa shape index (κ1) is 11.0. The van der Waals surface area contributed by atoms with Crippen LogP contribution in [0.4, 0.5) is 5.82 Å². The molecule has 1 aromatic rings. The number of hydrogen-bond donors (Lipinski definition) is 0. The van der Waals surface area contributed by atoms with Crippen molar-refractivity contribution in [1.82, 2.24) is 4.98 Å². The molecule has 1 aliphatic heterocycles. The summed E-state index contributed by atoms with van der Waals surface area (Å²) >= 11 is 0. The Balaban J connectivity index is 2.52. The maximum atomic E-state index is 5.77. The SMILES string of the molecule is CC(C)=C1C(C)COc2cccnc2N1C. The summed E-state index contributed by atoms with van der Waals surface area (Å²) in [6.45, 7) is 7.17. The van der Waals surface area contributed by atoms with Crippen LogP contribution in [0, 0.1) is 5.92 Å². The van der Waals surface area contributed by atoms with E-state index in [1.165, 1.54) is 11.3 Å². The third kappa shape index (κ3) is 1.77. The summed E-state index contributed by atoms with van der Waals surface area (Å²) < 4.78 is 5.77. The third-order valence-electron chi connectivity index (χ3n) is 2.90. The van der Waals surface area contributed by atoms with Gasteiger partial charge >= 0.3 is 0 Å². The number of anilines is 1. The van der Waals surface area contributed by atoms with E-state index in [0.717, 1.165) is 11.6 Å². The largest absolute Gasteiger partial charge is 0.489 e. The molecule has 0 fully saturated rings. The van der Waals surface area contributed by atoms with E-state index in [0.29, 0.717) is 12.5 Å². The number of rotatable bonds is 0. The topological polar surface area (TPSA) is 25.4 Å². The fourth-order valence-electron chi connectivity index (χ4n) is 2.31. The van der Waals surface area contributed by atoms with Crippen molar-refractivity contribution < 1.29 is 4.74 Å². The van der Waals surface area contributed by atoms with Crippen LogP contribution >= 0.6 is 0 Å². The molecule has 0 radical (unpaired) electrons. The molecule has 0 spiro atoms. The van der Waals surface area contributed by atoms with Gasteiger partial charge in [0.15, 0.2) is 11.6 Å². The van der Waals surface area contributed by atoms with E-state index in [1.54, 1.807) is 6.20 Å². The van der Waals surface area contributed by atoms with Crippen molar-refractivity contribution in [2.75, 3.05) is 18.6 Å².